The predicted octanol–water partition coefficient (Wildman–Crippen LogP) is 6.86. The van der Waals surface area contributed by atoms with E-state index in [0.29, 0.717) is 25.2 Å². The van der Waals surface area contributed by atoms with Gasteiger partial charge in [0.25, 0.3) is 5.91 Å². The molecule has 0 aliphatic carbocycles. The van der Waals surface area contributed by atoms with Crippen LogP contribution in [0.2, 0.25) is 0 Å². The fraction of sp³-hybridized carbons (Fsp3) is 0.282. The largest absolute Gasteiger partial charge is 0.497 e. The van der Waals surface area contributed by atoms with Gasteiger partial charge in [0.05, 0.1) is 7.11 Å². The number of carbonyl (C=O) groups excluding carboxylic acids is 2. The third-order valence-corrected chi connectivity index (χ3v) is 8.25. The van der Waals surface area contributed by atoms with Gasteiger partial charge in [0.15, 0.2) is 0 Å². The molecule has 4 aromatic carbocycles. The zero-order chi connectivity index (χ0) is 31.3. The van der Waals surface area contributed by atoms with Gasteiger partial charge in [-0.05, 0) is 103 Å². The summed E-state index contributed by atoms with van der Waals surface area (Å²) in [5, 5.41) is 3.08. The zero-order valence-electron chi connectivity index (χ0n) is 26.2. The second-order valence-corrected chi connectivity index (χ2v) is 11.5. The molecule has 1 fully saturated rings. The Kier molecular flexibility index (Phi) is 11.6. The second-order valence-electron chi connectivity index (χ2n) is 11.5. The van der Waals surface area contributed by atoms with E-state index >= 15 is 0 Å². The van der Waals surface area contributed by atoms with E-state index in [9.17, 15) is 9.59 Å². The molecule has 0 aromatic heterocycles. The van der Waals surface area contributed by atoms with Gasteiger partial charge >= 0.3 is 0 Å². The van der Waals surface area contributed by atoms with Gasteiger partial charge < -0.3 is 19.9 Å². The lowest BCUT2D eigenvalue weighted by molar-refractivity contribution is -0.126. The number of carbonyl (C=O) groups is 2. The van der Waals surface area contributed by atoms with Crippen LogP contribution < -0.4 is 10.1 Å². The molecule has 1 heterocycles. The summed E-state index contributed by atoms with van der Waals surface area (Å²) in [5.74, 6) is 0.701. The number of methoxy groups -OCH3 is 1. The average Bonchev–Trinajstić information content (AvgIpc) is 3.61. The van der Waals surface area contributed by atoms with Crippen LogP contribution in [-0.2, 0) is 17.8 Å². The molecule has 1 saturated heterocycles. The predicted molar refractivity (Wildman–Crippen MR) is 182 cm³/mol. The Bertz CT molecular complexity index is 1560. The molecule has 1 aliphatic rings. The Hall–Kier alpha value is -4.68. The lowest BCUT2D eigenvalue weighted by Gasteiger charge is -2.22. The lowest BCUT2D eigenvalue weighted by Crippen LogP contribution is -2.33. The Labute approximate surface area is 267 Å². The maximum atomic E-state index is 13.5. The summed E-state index contributed by atoms with van der Waals surface area (Å²) >= 11 is 0. The molecule has 1 N–H and O–H groups in total. The first-order chi connectivity index (χ1) is 22.1. The molecule has 0 unspecified atom stereocenters. The highest BCUT2D eigenvalue weighted by atomic mass is 16.5. The standard InChI is InChI=1S/C39H43N3O3/c1-45-37-20-17-32(18-21-37)19-22-38(43)42(26-9-13-31-10-3-2-4-11-31)30-33-12-7-14-34(28-33)35-15-8-16-36(29-35)39(44)40-23-27-41-24-5-6-25-41/h2-4,7-8,10-12,14-22,28-29H,5-6,9,13,23-27,30H2,1H3,(H,40,44). The van der Waals surface area contributed by atoms with Crippen molar-refractivity contribution in [1.29, 1.82) is 0 Å². The van der Waals surface area contributed by atoms with Crippen molar-refractivity contribution in [2.45, 2.75) is 32.2 Å². The summed E-state index contributed by atoms with van der Waals surface area (Å²) in [5.41, 5.74) is 5.89. The quantitative estimate of drug-likeness (QED) is 0.160. The van der Waals surface area contributed by atoms with Crippen molar-refractivity contribution in [1.82, 2.24) is 15.1 Å². The second kappa shape index (κ2) is 16.4. The van der Waals surface area contributed by atoms with E-state index in [4.69, 9.17) is 4.74 Å². The van der Waals surface area contributed by atoms with Crippen LogP contribution in [0, 0.1) is 0 Å². The molecule has 4 aromatic rings. The molecule has 232 valence electrons. The van der Waals surface area contributed by atoms with Crippen molar-refractivity contribution in [3.63, 3.8) is 0 Å². The number of hydrogen-bond donors (Lipinski definition) is 1. The maximum Gasteiger partial charge on any atom is 0.251 e. The Morgan fingerprint density at radius 2 is 1.56 bits per heavy atom. The molecule has 0 bridgehead atoms. The first kappa shape index (κ1) is 31.7. The van der Waals surface area contributed by atoms with Gasteiger partial charge in [0.2, 0.25) is 5.91 Å². The number of nitrogens with one attached hydrogen (secondary N) is 1. The van der Waals surface area contributed by atoms with E-state index < -0.39 is 0 Å². The molecular weight excluding hydrogens is 558 g/mol. The number of benzene rings is 4. The summed E-state index contributed by atoms with van der Waals surface area (Å²) in [6.07, 6.45) is 7.76. The minimum absolute atomic E-state index is 0.0307. The van der Waals surface area contributed by atoms with Crippen molar-refractivity contribution in [3.05, 3.63) is 131 Å². The highest BCUT2D eigenvalue weighted by molar-refractivity contribution is 5.95. The minimum Gasteiger partial charge on any atom is -0.497 e. The molecule has 0 saturated carbocycles. The smallest absolute Gasteiger partial charge is 0.251 e. The van der Waals surface area contributed by atoms with E-state index in [1.165, 1.54) is 18.4 Å². The van der Waals surface area contributed by atoms with E-state index in [-0.39, 0.29) is 11.8 Å². The van der Waals surface area contributed by atoms with E-state index in [1.807, 2.05) is 71.6 Å². The van der Waals surface area contributed by atoms with Crippen molar-refractivity contribution in [3.8, 4) is 16.9 Å². The van der Waals surface area contributed by atoms with Crippen LogP contribution in [0.4, 0.5) is 0 Å². The monoisotopic (exact) mass is 601 g/mol. The Morgan fingerprint density at radius 3 is 2.31 bits per heavy atom. The number of aryl methyl sites for hydroxylation is 1. The molecule has 0 atom stereocenters. The molecule has 2 amide bonds. The molecular formula is C39H43N3O3. The Morgan fingerprint density at radius 1 is 0.844 bits per heavy atom. The minimum atomic E-state index is -0.0500. The third-order valence-electron chi connectivity index (χ3n) is 8.25. The molecule has 6 heteroatoms. The van der Waals surface area contributed by atoms with Crippen LogP contribution in [-0.4, -0.2) is 61.4 Å². The highest BCUT2D eigenvalue weighted by Gasteiger charge is 2.14. The number of rotatable bonds is 14. The van der Waals surface area contributed by atoms with Crippen LogP contribution in [0.15, 0.2) is 109 Å². The SMILES string of the molecule is COc1ccc(C=CC(=O)N(CCCc2ccccc2)Cc2cccc(-c3cccc(C(=O)NCCN4CCCC4)c3)c2)cc1. The van der Waals surface area contributed by atoms with Gasteiger partial charge in [-0.25, -0.2) is 0 Å². The first-order valence-corrected chi connectivity index (χ1v) is 15.9. The van der Waals surface area contributed by atoms with E-state index in [1.54, 1.807) is 13.2 Å². The van der Waals surface area contributed by atoms with E-state index in [0.717, 1.165) is 60.5 Å². The normalized spacial score (nSPS) is 13.2. The molecule has 0 spiro atoms. The number of amides is 2. The molecule has 6 nitrogen and oxygen atoms in total. The highest BCUT2D eigenvalue weighted by Crippen LogP contribution is 2.23. The molecule has 1 aliphatic heterocycles. The van der Waals surface area contributed by atoms with Gasteiger partial charge in [-0.3, -0.25) is 9.59 Å². The lowest BCUT2D eigenvalue weighted by atomic mass is 10.0. The van der Waals surface area contributed by atoms with Crippen molar-refractivity contribution < 1.29 is 14.3 Å². The summed E-state index contributed by atoms with van der Waals surface area (Å²) in [7, 11) is 1.64. The van der Waals surface area contributed by atoms with E-state index in [2.05, 4.69) is 52.7 Å². The summed E-state index contributed by atoms with van der Waals surface area (Å²) < 4.78 is 5.25. The van der Waals surface area contributed by atoms with Gasteiger partial charge in [-0.2, -0.15) is 0 Å². The van der Waals surface area contributed by atoms with Gasteiger partial charge in [-0.15, -0.1) is 0 Å². The van der Waals surface area contributed by atoms with Crippen LogP contribution in [0.1, 0.15) is 46.3 Å². The van der Waals surface area contributed by atoms with Crippen molar-refractivity contribution in [2.75, 3.05) is 39.8 Å². The van der Waals surface area contributed by atoms with Crippen LogP contribution in [0.25, 0.3) is 17.2 Å². The Balaban J connectivity index is 1.26. The van der Waals surface area contributed by atoms with Gasteiger partial charge in [-0.1, -0.05) is 72.8 Å². The van der Waals surface area contributed by atoms with Crippen LogP contribution in [0.5, 0.6) is 5.75 Å². The molecule has 0 radical (unpaired) electrons. The average molecular weight is 602 g/mol. The number of ether oxygens (including phenoxy) is 1. The van der Waals surface area contributed by atoms with Crippen LogP contribution >= 0.6 is 0 Å². The van der Waals surface area contributed by atoms with Gasteiger partial charge in [0.1, 0.15) is 5.75 Å². The van der Waals surface area contributed by atoms with Crippen LogP contribution in [0.3, 0.4) is 0 Å². The van der Waals surface area contributed by atoms with Crippen molar-refractivity contribution >= 4 is 17.9 Å². The first-order valence-electron chi connectivity index (χ1n) is 15.9. The summed E-state index contributed by atoms with van der Waals surface area (Å²) in [4.78, 5) is 30.7. The molecule has 5 rings (SSSR count). The fourth-order valence-electron chi connectivity index (χ4n) is 5.72. The summed E-state index contributed by atoms with van der Waals surface area (Å²) in [6.45, 7) is 4.92. The summed E-state index contributed by atoms with van der Waals surface area (Å²) in [6, 6.07) is 34.1. The third kappa shape index (κ3) is 9.65. The number of hydrogen-bond acceptors (Lipinski definition) is 4. The van der Waals surface area contributed by atoms with Crippen molar-refractivity contribution in [2.24, 2.45) is 0 Å². The fourth-order valence-corrected chi connectivity index (χ4v) is 5.72. The van der Waals surface area contributed by atoms with Gasteiger partial charge in [0, 0.05) is 37.8 Å². The maximum absolute atomic E-state index is 13.5. The number of likely N-dealkylation sites (tertiary alicyclic amines) is 1. The topological polar surface area (TPSA) is 61.9 Å². The number of nitrogens with zero attached hydrogens (tertiary/aromatic N) is 2. The zero-order valence-corrected chi connectivity index (χ0v) is 26.2. The molecule has 45 heavy (non-hydrogen) atoms.